The zero-order valence-electron chi connectivity index (χ0n) is 15.1. The number of nitro groups is 2. The third-order valence-corrected chi connectivity index (χ3v) is 4.09. The number of nitrogens with zero attached hydrogens (tertiary/aromatic N) is 2. The third-order valence-electron chi connectivity index (χ3n) is 4.09. The van der Waals surface area contributed by atoms with E-state index in [4.69, 9.17) is 9.47 Å². The number of phenolic OH excluding ortho intramolecular Hbond substituents is 1. The van der Waals surface area contributed by atoms with Gasteiger partial charge in [0.15, 0.2) is 11.5 Å². The largest absolute Gasteiger partial charge is 0.504 e. The topological polar surface area (TPSA) is 125 Å². The molecule has 0 aliphatic carbocycles. The van der Waals surface area contributed by atoms with Crippen molar-refractivity contribution in [1.29, 1.82) is 0 Å². The van der Waals surface area contributed by atoms with Crippen LogP contribution in [0.2, 0.25) is 0 Å². The lowest BCUT2D eigenvalue weighted by atomic mass is 10.2. The van der Waals surface area contributed by atoms with Crippen molar-refractivity contribution >= 4 is 11.4 Å². The SMILES string of the molecule is O=[N+]([O-])c1ccccc1COc1cccc(O)c1OCc1ccccc1[N+](=O)[O-]. The van der Waals surface area contributed by atoms with Crippen molar-refractivity contribution in [1.82, 2.24) is 0 Å². The molecule has 0 aromatic heterocycles. The summed E-state index contributed by atoms with van der Waals surface area (Å²) in [4.78, 5) is 21.2. The van der Waals surface area contributed by atoms with Crippen LogP contribution in [0.25, 0.3) is 0 Å². The molecule has 0 heterocycles. The lowest BCUT2D eigenvalue weighted by Crippen LogP contribution is -2.04. The number of benzene rings is 3. The molecule has 0 bridgehead atoms. The van der Waals surface area contributed by atoms with Crippen LogP contribution < -0.4 is 9.47 Å². The summed E-state index contributed by atoms with van der Waals surface area (Å²) in [6.07, 6.45) is 0. The smallest absolute Gasteiger partial charge is 0.276 e. The van der Waals surface area contributed by atoms with Crippen molar-refractivity contribution in [3.63, 3.8) is 0 Å². The number of hydrogen-bond acceptors (Lipinski definition) is 7. The van der Waals surface area contributed by atoms with Crippen molar-refractivity contribution in [3.05, 3.63) is 98.1 Å². The Labute approximate surface area is 165 Å². The van der Waals surface area contributed by atoms with Crippen LogP contribution in [-0.2, 0) is 13.2 Å². The molecular weight excluding hydrogens is 380 g/mol. The summed E-state index contributed by atoms with van der Waals surface area (Å²) in [5.74, 6) is -0.0744. The normalized spacial score (nSPS) is 10.3. The number of para-hydroxylation sites is 3. The molecule has 148 valence electrons. The summed E-state index contributed by atoms with van der Waals surface area (Å²) in [5.41, 5.74) is 0.483. The van der Waals surface area contributed by atoms with Crippen LogP contribution in [0.3, 0.4) is 0 Å². The van der Waals surface area contributed by atoms with Gasteiger partial charge in [0.05, 0.1) is 21.0 Å². The average Bonchev–Trinajstić information content (AvgIpc) is 2.71. The Hall–Kier alpha value is -4.14. The molecule has 0 aliphatic rings. The minimum absolute atomic E-state index is 0.00997. The Balaban J connectivity index is 1.80. The van der Waals surface area contributed by atoms with Gasteiger partial charge in [-0.25, -0.2) is 0 Å². The molecule has 0 saturated carbocycles. The Kier molecular flexibility index (Phi) is 5.88. The van der Waals surface area contributed by atoms with Crippen molar-refractivity contribution in [2.24, 2.45) is 0 Å². The van der Waals surface area contributed by atoms with E-state index >= 15 is 0 Å². The molecule has 0 atom stereocenters. The van der Waals surface area contributed by atoms with E-state index in [9.17, 15) is 25.3 Å². The van der Waals surface area contributed by atoms with Crippen LogP contribution in [0.4, 0.5) is 11.4 Å². The fraction of sp³-hybridized carbons (Fsp3) is 0.100. The number of nitro benzene ring substituents is 2. The third kappa shape index (κ3) is 4.59. The monoisotopic (exact) mass is 396 g/mol. The number of hydrogen-bond donors (Lipinski definition) is 1. The van der Waals surface area contributed by atoms with Crippen LogP contribution in [0, 0.1) is 20.2 Å². The van der Waals surface area contributed by atoms with Crippen LogP contribution in [0.5, 0.6) is 17.2 Å². The molecule has 0 amide bonds. The average molecular weight is 396 g/mol. The molecule has 29 heavy (non-hydrogen) atoms. The highest BCUT2D eigenvalue weighted by Crippen LogP contribution is 2.38. The maximum absolute atomic E-state index is 11.1. The number of rotatable bonds is 8. The molecule has 3 aromatic rings. The fourth-order valence-electron chi connectivity index (χ4n) is 2.69. The van der Waals surface area contributed by atoms with E-state index in [-0.39, 0.29) is 41.8 Å². The first-order valence-electron chi connectivity index (χ1n) is 8.49. The summed E-state index contributed by atoms with van der Waals surface area (Å²) in [6, 6.07) is 16.7. The number of aromatic hydroxyl groups is 1. The van der Waals surface area contributed by atoms with E-state index in [0.29, 0.717) is 11.1 Å². The van der Waals surface area contributed by atoms with Crippen LogP contribution in [0.15, 0.2) is 66.7 Å². The molecule has 0 aliphatic heterocycles. The Morgan fingerprint density at radius 3 is 1.79 bits per heavy atom. The second-order valence-electron chi connectivity index (χ2n) is 5.95. The van der Waals surface area contributed by atoms with Gasteiger partial charge in [-0.15, -0.1) is 0 Å². The molecule has 0 spiro atoms. The van der Waals surface area contributed by atoms with Gasteiger partial charge in [0.25, 0.3) is 11.4 Å². The first kappa shape index (κ1) is 19.6. The van der Waals surface area contributed by atoms with Crippen LogP contribution in [-0.4, -0.2) is 15.0 Å². The molecule has 0 fully saturated rings. The van der Waals surface area contributed by atoms with Gasteiger partial charge in [0, 0.05) is 12.1 Å². The van der Waals surface area contributed by atoms with Gasteiger partial charge in [-0.3, -0.25) is 20.2 Å². The van der Waals surface area contributed by atoms with Gasteiger partial charge in [-0.05, 0) is 24.3 Å². The van der Waals surface area contributed by atoms with Crippen molar-refractivity contribution in [2.75, 3.05) is 0 Å². The van der Waals surface area contributed by atoms with Crippen molar-refractivity contribution in [2.45, 2.75) is 13.2 Å². The molecule has 3 rings (SSSR count). The molecule has 0 radical (unpaired) electrons. The van der Waals surface area contributed by atoms with E-state index in [1.807, 2.05) is 0 Å². The van der Waals surface area contributed by atoms with Crippen LogP contribution in [0.1, 0.15) is 11.1 Å². The van der Waals surface area contributed by atoms with E-state index in [2.05, 4.69) is 0 Å². The minimum atomic E-state index is -0.518. The molecule has 1 N–H and O–H groups in total. The maximum Gasteiger partial charge on any atom is 0.276 e. The van der Waals surface area contributed by atoms with Gasteiger partial charge in [-0.1, -0.05) is 30.3 Å². The Morgan fingerprint density at radius 2 is 1.24 bits per heavy atom. The molecule has 9 nitrogen and oxygen atoms in total. The van der Waals surface area contributed by atoms with Gasteiger partial charge < -0.3 is 14.6 Å². The van der Waals surface area contributed by atoms with E-state index in [1.165, 1.54) is 30.3 Å². The first-order chi connectivity index (χ1) is 14.0. The maximum atomic E-state index is 11.1. The van der Waals surface area contributed by atoms with Gasteiger partial charge in [-0.2, -0.15) is 0 Å². The standard InChI is InChI=1S/C20H16N2O7/c23-18-10-5-11-19(28-12-14-6-1-3-8-16(14)21(24)25)20(18)29-13-15-7-2-4-9-17(15)22(26)27/h1-11,23H,12-13H2. The zero-order valence-corrected chi connectivity index (χ0v) is 15.1. The Morgan fingerprint density at radius 1 is 0.724 bits per heavy atom. The number of ether oxygens (including phenoxy) is 2. The quantitative estimate of drug-likeness (QED) is 0.443. The highest BCUT2D eigenvalue weighted by atomic mass is 16.6. The van der Waals surface area contributed by atoms with E-state index in [0.717, 1.165) is 0 Å². The number of phenols is 1. The second-order valence-corrected chi connectivity index (χ2v) is 5.95. The van der Waals surface area contributed by atoms with Gasteiger partial charge in [0.2, 0.25) is 5.75 Å². The first-order valence-corrected chi connectivity index (χ1v) is 8.49. The summed E-state index contributed by atoms with van der Waals surface area (Å²) >= 11 is 0. The van der Waals surface area contributed by atoms with Crippen LogP contribution >= 0.6 is 0 Å². The minimum Gasteiger partial charge on any atom is -0.504 e. The summed E-state index contributed by atoms with van der Waals surface area (Å²) in [6.45, 7) is -0.293. The summed E-state index contributed by atoms with van der Waals surface area (Å²) < 4.78 is 11.2. The predicted octanol–water partition coefficient (Wildman–Crippen LogP) is 4.37. The molecular formula is C20H16N2O7. The van der Waals surface area contributed by atoms with Crippen molar-refractivity contribution in [3.8, 4) is 17.2 Å². The lowest BCUT2D eigenvalue weighted by Gasteiger charge is -2.14. The van der Waals surface area contributed by atoms with E-state index in [1.54, 1.807) is 36.4 Å². The second kappa shape index (κ2) is 8.70. The lowest BCUT2D eigenvalue weighted by molar-refractivity contribution is -0.386. The summed E-state index contributed by atoms with van der Waals surface area (Å²) in [5, 5.41) is 32.4. The van der Waals surface area contributed by atoms with E-state index < -0.39 is 9.85 Å². The Bertz CT molecular complexity index is 1050. The fourth-order valence-corrected chi connectivity index (χ4v) is 2.69. The molecule has 9 heteroatoms. The van der Waals surface area contributed by atoms with Gasteiger partial charge >= 0.3 is 0 Å². The molecule has 0 saturated heterocycles. The zero-order chi connectivity index (χ0) is 20.8. The van der Waals surface area contributed by atoms with Gasteiger partial charge in [0.1, 0.15) is 13.2 Å². The molecule has 0 unspecified atom stereocenters. The summed E-state index contributed by atoms with van der Waals surface area (Å²) in [7, 11) is 0. The highest BCUT2D eigenvalue weighted by molar-refractivity contribution is 5.51. The molecule has 3 aromatic carbocycles. The highest BCUT2D eigenvalue weighted by Gasteiger charge is 2.18. The van der Waals surface area contributed by atoms with Crippen molar-refractivity contribution < 1.29 is 24.4 Å². The predicted molar refractivity (Wildman–Crippen MR) is 103 cm³/mol.